The summed E-state index contributed by atoms with van der Waals surface area (Å²) in [4.78, 5) is 14.8. The molecule has 2 aromatic carbocycles. The molecule has 0 aliphatic carbocycles. The van der Waals surface area contributed by atoms with Gasteiger partial charge in [0, 0.05) is 29.7 Å². The Kier molecular flexibility index (Phi) is 8.09. The molecule has 0 saturated carbocycles. The van der Waals surface area contributed by atoms with Gasteiger partial charge in [-0.1, -0.05) is 24.3 Å². The van der Waals surface area contributed by atoms with Crippen LogP contribution in [0.4, 0.5) is 5.69 Å². The predicted octanol–water partition coefficient (Wildman–Crippen LogP) is 2.21. The van der Waals surface area contributed by atoms with Gasteiger partial charge < -0.3 is 10.1 Å². The van der Waals surface area contributed by atoms with Gasteiger partial charge in [-0.3, -0.25) is 14.0 Å². The lowest BCUT2D eigenvalue weighted by atomic mass is 10.1. The van der Waals surface area contributed by atoms with Gasteiger partial charge in [0.25, 0.3) is 0 Å². The maximum Gasteiger partial charge on any atom is 0.241 e. The van der Waals surface area contributed by atoms with Crippen LogP contribution in [0.5, 0.6) is 0 Å². The molecular weight excluding hydrogens is 517 g/mol. The van der Waals surface area contributed by atoms with Gasteiger partial charge in [0.1, 0.15) is 6.54 Å². The zero-order valence-corrected chi connectivity index (χ0v) is 19.9. The van der Waals surface area contributed by atoms with E-state index in [0.717, 1.165) is 52.5 Å². The van der Waals surface area contributed by atoms with Crippen molar-refractivity contribution in [3.05, 3.63) is 63.2 Å². The lowest BCUT2D eigenvalue weighted by molar-refractivity contribution is -0.119. The maximum absolute atomic E-state index is 12.4. The SMILES string of the molecule is CS(=O)(=O)N(CC(=O)NCc1ccc(CN2CCOCC2)cc1)c1ccc(I)cc1. The highest BCUT2D eigenvalue weighted by Crippen LogP contribution is 2.19. The van der Waals surface area contributed by atoms with Crippen molar-refractivity contribution in [2.75, 3.05) is 43.4 Å². The van der Waals surface area contributed by atoms with Crippen molar-refractivity contribution in [3.63, 3.8) is 0 Å². The van der Waals surface area contributed by atoms with Crippen molar-refractivity contribution in [2.45, 2.75) is 13.1 Å². The molecule has 0 spiro atoms. The molecule has 162 valence electrons. The third-order valence-electron chi connectivity index (χ3n) is 4.82. The Bertz CT molecular complexity index is 943. The second-order valence-electron chi connectivity index (χ2n) is 7.23. The molecule has 0 atom stereocenters. The first-order chi connectivity index (χ1) is 14.3. The number of anilines is 1. The number of carbonyl (C=O) groups excluding carboxylic acids is 1. The second-order valence-corrected chi connectivity index (χ2v) is 10.4. The summed E-state index contributed by atoms with van der Waals surface area (Å²) in [6, 6.07) is 15.1. The smallest absolute Gasteiger partial charge is 0.241 e. The zero-order chi connectivity index (χ0) is 21.6. The normalized spacial score (nSPS) is 15.0. The fraction of sp³-hybridized carbons (Fsp3) is 0.381. The summed E-state index contributed by atoms with van der Waals surface area (Å²) >= 11 is 2.15. The molecule has 0 aromatic heterocycles. The van der Waals surface area contributed by atoms with Gasteiger partial charge in [-0.25, -0.2) is 8.42 Å². The van der Waals surface area contributed by atoms with E-state index >= 15 is 0 Å². The summed E-state index contributed by atoms with van der Waals surface area (Å²) in [5.74, 6) is -0.351. The fourth-order valence-corrected chi connectivity index (χ4v) is 4.39. The van der Waals surface area contributed by atoms with Crippen molar-refractivity contribution in [3.8, 4) is 0 Å². The first-order valence-electron chi connectivity index (χ1n) is 9.69. The number of morpholine rings is 1. The van der Waals surface area contributed by atoms with Crippen LogP contribution in [0.25, 0.3) is 0 Å². The Morgan fingerprint density at radius 3 is 2.27 bits per heavy atom. The van der Waals surface area contributed by atoms with Gasteiger partial charge in [-0.15, -0.1) is 0 Å². The van der Waals surface area contributed by atoms with Crippen LogP contribution in [0.15, 0.2) is 48.5 Å². The van der Waals surface area contributed by atoms with Crippen molar-refractivity contribution in [1.82, 2.24) is 10.2 Å². The molecular formula is C21H26IN3O4S. The molecule has 30 heavy (non-hydrogen) atoms. The molecule has 1 aliphatic heterocycles. The highest BCUT2D eigenvalue weighted by atomic mass is 127. The number of hydrogen-bond donors (Lipinski definition) is 1. The van der Waals surface area contributed by atoms with E-state index in [1.54, 1.807) is 12.1 Å². The number of amides is 1. The number of nitrogens with zero attached hydrogens (tertiary/aromatic N) is 2. The topological polar surface area (TPSA) is 79.0 Å². The Hall–Kier alpha value is -1.69. The molecule has 0 unspecified atom stereocenters. The summed E-state index contributed by atoms with van der Waals surface area (Å²) in [6.07, 6.45) is 1.10. The van der Waals surface area contributed by atoms with E-state index < -0.39 is 10.0 Å². The number of benzene rings is 2. The van der Waals surface area contributed by atoms with Gasteiger partial charge in [-0.2, -0.15) is 0 Å². The molecule has 2 aromatic rings. The Morgan fingerprint density at radius 1 is 1.07 bits per heavy atom. The third-order valence-corrected chi connectivity index (χ3v) is 6.68. The standard InChI is InChI=1S/C21H26IN3O4S/c1-30(27,28)25(20-8-6-19(22)7-9-20)16-21(26)23-14-17-2-4-18(5-3-17)15-24-10-12-29-13-11-24/h2-9H,10-16H2,1H3,(H,23,26). The lowest BCUT2D eigenvalue weighted by Gasteiger charge is -2.26. The van der Waals surface area contributed by atoms with Gasteiger partial charge in [0.05, 0.1) is 25.2 Å². The highest BCUT2D eigenvalue weighted by molar-refractivity contribution is 14.1. The molecule has 1 heterocycles. The van der Waals surface area contributed by atoms with Gasteiger partial charge >= 0.3 is 0 Å². The first kappa shape index (κ1) is 23.0. The minimum Gasteiger partial charge on any atom is -0.379 e. The van der Waals surface area contributed by atoms with E-state index in [9.17, 15) is 13.2 Å². The molecule has 7 nitrogen and oxygen atoms in total. The lowest BCUT2D eigenvalue weighted by Crippen LogP contribution is -2.40. The van der Waals surface area contributed by atoms with Crippen LogP contribution < -0.4 is 9.62 Å². The third kappa shape index (κ3) is 6.93. The Balaban J connectivity index is 1.54. The van der Waals surface area contributed by atoms with Crippen LogP contribution in [0, 0.1) is 3.57 Å². The monoisotopic (exact) mass is 543 g/mol. The Morgan fingerprint density at radius 2 is 1.67 bits per heavy atom. The fourth-order valence-electron chi connectivity index (χ4n) is 3.17. The van der Waals surface area contributed by atoms with Crippen molar-refractivity contribution in [2.24, 2.45) is 0 Å². The number of halogens is 1. The van der Waals surface area contributed by atoms with Crippen molar-refractivity contribution in [1.29, 1.82) is 0 Å². The van der Waals surface area contributed by atoms with Crippen LogP contribution in [-0.2, 0) is 32.6 Å². The van der Waals surface area contributed by atoms with E-state index in [0.29, 0.717) is 12.2 Å². The van der Waals surface area contributed by atoms with E-state index in [4.69, 9.17) is 4.74 Å². The molecule has 0 radical (unpaired) electrons. The number of sulfonamides is 1. The van der Waals surface area contributed by atoms with Crippen LogP contribution in [0.2, 0.25) is 0 Å². The highest BCUT2D eigenvalue weighted by Gasteiger charge is 2.20. The molecule has 1 saturated heterocycles. The number of carbonyl (C=O) groups is 1. The van der Waals surface area contributed by atoms with Gasteiger partial charge in [0.15, 0.2) is 0 Å². The van der Waals surface area contributed by atoms with Crippen molar-refractivity contribution < 1.29 is 17.9 Å². The molecule has 3 rings (SSSR count). The second kappa shape index (κ2) is 10.6. The van der Waals surface area contributed by atoms with Crippen LogP contribution in [0.3, 0.4) is 0 Å². The summed E-state index contributed by atoms with van der Waals surface area (Å²) < 4.78 is 31.8. The predicted molar refractivity (Wildman–Crippen MR) is 126 cm³/mol. The minimum absolute atomic E-state index is 0.255. The largest absolute Gasteiger partial charge is 0.379 e. The summed E-state index contributed by atoms with van der Waals surface area (Å²) in [5.41, 5.74) is 2.66. The first-order valence-corrected chi connectivity index (χ1v) is 12.6. The van der Waals surface area contributed by atoms with Gasteiger partial charge in [0.2, 0.25) is 15.9 Å². The zero-order valence-electron chi connectivity index (χ0n) is 16.9. The number of ether oxygens (including phenoxy) is 1. The van der Waals surface area contributed by atoms with E-state index in [-0.39, 0.29) is 12.5 Å². The average molecular weight is 543 g/mol. The molecule has 0 bridgehead atoms. The molecule has 9 heteroatoms. The van der Waals surface area contributed by atoms with E-state index in [1.165, 1.54) is 5.56 Å². The van der Waals surface area contributed by atoms with Crippen LogP contribution >= 0.6 is 22.6 Å². The summed E-state index contributed by atoms with van der Waals surface area (Å²) in [5, 5.41) is 2.81. The average Bonchev–Trinajstić information content (AvgIpc) is 2.72. The number of nitrogens with one attached hydrogen (secondary N) is 1. The van der Waals surface area contributed by atoms with Crippen LogP contribution in [0.1, 0.15) is 11.1 Å². The van der Waals surface area contributed by atoms with E-state index in [1.807, 2.05) is 24.3 Å². The number of hydrogen-bond acceptors (Lipinski definition) is 5. The molecule has 1 aliphatic rings. The molecule has 1 amide bonds. The van der Waals surface area contributed by atoms with E-state index in [2.05, 4.69) is 44.9 Å². The summed E-state index contributed by atoms with van der Waals surface area (Å²) in [7, 11) is -3.57. The number of rotatable bonds is 8. The van der Waals surface area contributed by atoms with Crippen molar-refractivity contribution >= 4 is 44.2 Å². The van der Waals surface area contributed by atoms with Gasteiger partial charge in [-0.05, 0) is 58.0 Å². The minimum atomic E-state index is -3.57. The quantitative estimate of drug-likeness (QED) is 0.517. The molecule has 1 fully saturated rings. The maximum atomic E-state index is 12.4. The summed E-state index contributed by atoms with van der Waals surface area (Å²) in [6.45, 7) is 4.41. The van der Waals surface area contributed by atoms with Crippen LogP contribution in [-0.4, -0.2) is 58.3 Å². The molecule has 1 N–H and O–H groups in total. The Labute approximate surface area is 191 Å².